The lowest BCUT2D eigenvalue weighted by Crippen LogP contribution is -2.47. The summed E-state index contributed by atoms with van der Waals surface area (Å²) >= 11 is 0. The molecule has 1 heterocycles. The van der Waals surface area contributed by atoms with Crippen LogP contribution in [0.15, 0.2) is 35.5 Å². The van der Waals surface area contributed by atoms with Gasteiger partial charge in [0, 0.05) is 19.8 Å². The van der Waals surface area contributed by atoms with E-state index in [0.29, 0.717) is 0 Å². The first kappa shape index (κ1) is 17.8. The van der Waals surface area contributed by atoms with Crippen LogP contribution in [-0.2, 0) is 15.7 Å². The number of hydrogen-bond acceptors (Lipinski definition) is 3. The predicted molar refractivity (Wildman–Crippen MR) is 79.8 cm³/mol. The van der Waals surface area contributed by atoms with Gasteiger partial charge in [-0.1, -0.05) is 18.2 Å². The van der Waals surface area contributed by atoms with Crippen LogP contribution in [0.3, 0.4) is 0 Å². The van der Waals surface area contributed by atoms with Crippen LogP contribution in [0.5, 0.6) is 0 Å². The molecule has 0 aliphatic carbocycles. The Hall–Kier alpha value is -2.51. The molecule has 0 bridgehead atoms. The van der Waals surface area contributed by atoms with Gasteiger partial charge in [-0.3, -0.25) is 0 Å². The Morgan fingerprint density at radius 3 is 2.33 bits per heavy atom. The van der Waals surface area contributed by atoms with Crippen LogP contribution < -0.4 is 0 Å². The van der Waals surface area contributed by atoms with E-state index in [1.807, 2.05) is 0 Å². The third-order valence-electron chi connectivity index (χ3n) is 4.11. The van der Waals surface area contributed by atoms with Crippen molar-refractivity contribution in [2.24, 2.45) is 0 Å². The highest BCUT2D eigenvalue weighted by molar-refractivity contribution is 5.95. The molecule has 1 aromatic rings. The summed E-state index contributed by atoms with van der Waals surface area (Å²) in [4.78, 5) is 26.8. The average molecular weight is 342 g/mol. The van der Waals surface area contributed by atoms with E-state index in [1.54, 1.807) is 0 Å². The first-order valence-corrected chi connectivity index (χ1v) is 7.07. The van der Waals surface area contributed by atoms with Crippen LogP contribution in [0.25, 0.3) is 0 Å². The maximum absolute atomic E-state index is 13.4. The number of methoxy groups -OCH3 is 1. The fraction of sp³-hybridized carbons (Fsp3) is 0.375. The molecule has 0 aromatic heterocycles. The molecule has 0 unspecified atom stereocenters. The van der Waals surface area contributed by atoms with Gasteiger partial charge in [0.1, 0.15) is 0 Å². The molecule has 2 amide bonds. The number of amides is 2. The van der Waals surface area contributed by atoms with Gasteiger partial charge < -0.3 is 14.5 Å². The van der Waals surface area contributed by atoms with E-state index in [4.69, 9.17) is 4.74 Å². The number of benzene rings is 1. The summed E-state index contributed by atoms with van der Waals surface area (Å²) in [6.07, 6.45) is -4.61. The number of esters is 1. The van der Waals surface area contributed by atoms with E-state index >= 15 is 0 Å². The minimum atomic E-state index is -4.61. The topological polar surface area (TPSA) is 49.9 Å². The number of halogens is 3. The van der Waals surface area contributed by atoms with E-state index in [-0.39, 0.29) is 16.8 Å². The zero-order valence-electron chi connectivity index (χ0n) is 13.6. The average Bonchev–Trinajstić information content (AvgIpc) is 2.54. The molecule has 0 fully saturated rings. The van der Waals surface area contributed by atoms with E-state index < -0.39 is 29.8 Å². The number of urea groups is 1. The molecular formula is C16H17F3N2O3. The van der Waals surface area contributed by atoms with Gasteiger partial charge in [-0.2, -0.15) is 13.2 Å². The summed E-state index contributed by atoms with van der Waals surface area (Å²) < 4.78 is 44.8. The molecule has 1 atom stereocenters. The smallest absolute Gasteiger partial charge is 0.416 e. The lowest BCUT2D eigenvalue weighted by atomic mass is 9.90. The number of ether oxygens (including phenoxy) is 1. The third-order valence-corrected chi connectivity index (χ3v) is 4.11. The summed E-state index contributed by atoms with van der Waals surface area (Å²) in [5.74, 6) is -0.777. The number of allylic oxidation sites excluding steroid dienone is 1. The van der Waals surface area contributed by atoms with Crippen LogP contribution in [0.4, 0.5) is 18.0 Å². The number of hydrogen-bond donors (Lipinski definition) is 0. The lowest BCUT2D eigenvalue weighted by Gasteiger charge is -2.40. The number of carbonyl (C=O) groups excluding carboxylic acids is 2. The van der Waals surface area contributed by atoms with Crippen molar-refractivity contribution in [1.82, 2.24) is 9.80 Å². The normalized spacial score (nSPS) is 19.0. The Morgan fingerprint density at radius 1 is 1.21 bits per heavy atom. The molecule has 1 aromatic carbocycles. The standard InChI is InChI=1S/C16H17F3N2O3/c1-9-12(14(22)24-4)13(21(3)15(23)20(9)2)10-7-5-6-8-11(10)16(17,18)19/h5-8,13H,1-4H3/t13-/m0/s1. The molecule has 2 rings (SSSR count). The second kappa shape index (κ2) is 6.18. The molecule has 0 saturated carbocycles. The quantitative estimate of drug-likeness (QED) is 0.776. The maximum atomic E-state index is 13.4. The van der Waals surface area contributed by atoms with E-state index in [9.17, 15) is 22.8 Å². The Balaban J connectivity index is 2.75. The van der Waals surface area contributed by atoms with Gasteiger partial charge in [-0.05, 0) is 18.6 Å². The van der Waals surface area contributed by atoms with Crippen molar-refractivity contribution in [3.05, 3.63) is 46.7 Å². The number of alkyl halides is 3. The second-order valence-corrected chi connectivity index (χ2v) is 5.43. The second-order valence-electron chi connectivity index (χ2n) is 5.43. The van der Waals surface area contributed by atoms with Crippen molar-refractivity contribution in [2.45, 2.75) is 19.1 Å². The minimum absolute atomic E-state index is 0.00111. The van der Waals surface area contributed by atoms with Crippen LogP contribution in [0, 0.1) is 0 Å². The fourth-order valence-electron chi connectivity index (χ4n) is 2.79. The molecule has 1 aliphatic rings. The molecule has 1 aliphatic heterocycles. The Labute approximate surface area is 137 Å². The molecule has 5 nitrogen and oxygen atoms in total. The Kier molecular flexibility index (Phi) is 4.59. The minimum Gasteiger partial charge on any atom is -0.466 e. The molecule has 130 valence electrons. The third kappa shape index (κ3) is 2.83. The van der Waals surface area contributed by atoms with Gasteiger partial charge in [-0.15, -0.1) is 0 Å². The molecule has 0 saturated heterocycles. The van der Waals surface area contributed by atoms with Crippen molar-refractivity contribution >= 4 is 12.0 Å². The van der Waals surface area contributed by atoms with Crippen molar-refractivity contribution in [3.63, 3.8) is 0 Å². The first-order valence-electron chi connectivity index (χ1n) is 7.07. The molecule has 0 radical (unpaired) electrons. The lowest BCUT2D eigenvalue weighted by molar-refractivity contribution is -0.140. The summed E-state index contributed by atoms with van der Waals surface area (Å²) in [5, 5.41) is 0. The number of rotatable bonds is 2. The van der Waals surface area contributed by atoms with Crippen molar-refractivity contribution in [2.75, 3.05) is 21.2 Å². The summed E-state index contributed by atoms with van der Waals surface area (Å²) in [7, 11) is 3.95. The van der Waals surface area contributed by atoms with Gasteiger partial charge >= 0.3 is 18.2 Å². The van der Waals surface area contributed by atoms with E-state index in [1.165, 1.54) is 44.1 Å². The fourth-order valence-corrected chi connectivity index (χ4v) is 2.79. The monoisotopic (exact) mass is 342 g/mol. The highest BCUT2D eigenvalue weighted by Gasteiger charge is 2.43. The predicted octanol–water partition coefficient (Wildman–Crippen LogP) is 3.19. The highest BCUT2D eigenvalue weighted by atomic mass is 19.4. The van der Waals surface area contributed by atoms with Crippen LogP contribution in [-0.4, -0.2) is 43.0 Å². The molecular weight excluding hydrogens is 325 g/mol. The molecule has 0 N–H and O–H groups in total. The van der Waals surface area contributed by atoms with Gasteiger partial charge in [-0.25, -0.2) is 9.59 Å². The summed E-state index contributed by atoms with van der Waals surface area (Å²) in [6, 6.07) is 3.19. The number of likely N-dealkylation sites (N-methyl/N-ethyl adjacent to an activating group) is 1. The number of carbonyl (C=O) groups is 2. The van der Waals surface area contributed by atoms with Crippen LogP contribution in [0.2, 0.25) is 0 Å². The van der Waals surface area contributed by atoms with E-state index in [2.05, 4.69) is 0 Å². The Morgan fingerprint density at radius 2 is 1.79 bits per heavy atom. The summed E-state index contributed by atoms with van der Waals surface area (Å²) in [6.45, 7) is 1.50. The van der Waals surface area contributed by atoms with Gasteiger partial charge in [0.15, 0.2) is 0 Å². The van der Waals surface area contributed by atoms with Gasteiger partial charge in [0.2, 0.25) is 0 Å². The van der Waals surface area contributed by atoms with Gasteiger partial charge in [0.25, 0.3) is 0 Å². The first-order chi connectivity index (χ1) is 11.1. The van der Waals surface area contributed by atoms with Crippen LogP contribution >= 0.6 is 0 Å². The van der Waals surface area contributed by atoms with Crippen LogP contribution in [0.1, 0.15) is 24.1 Å². The van der Waals surface area contributed by atoms with Crippen molar-refractivity contribution in [3.8, 4) is 0 Å². The molecule has 0 spiro atoms. The SMILES string of the molecule is COC(=O)C1=C(C)N(C)C(=O)N(C)[C@H]1c1ccccc1C(F)(F)F. The highest BCUT2D eigenvalue weighted by Crippen LogP contribution is 2.42. The summed E-state index contributed by atoms with van der Waals surface area (Å²) in [5.41, 5.74) is -0.812. The number of nitrogens with zero attached hydrogens (tertiary/aromatic N) is 2. The Bertz CT molecular complexity index is 713. The maximum Gasteiger partial charge on any atom is 0.416 e. The largest absolute Gasteiger partial charge is 0.466 e. The van der Waals surface area contributed by atoms with Gasteiger partial charge in [0.05, 0.1) is 24.3 Å². The zero-order valence-corrected chi connectivity index (χ0v) is 13.6. The van der Waals surface area contributed by atoms with Crippen molar-refractivity contribution < 1.29 is 27.5 Å². The van der Waals surface area contributed by atoms with Crippen molar-refractivity contribution in [1.29, 1.82) is 0 Å². The van der Waals surface area contributed by atoms with E-state index in [0.717, 1.165) is 18.1 Å². The molecule has 24 heavy (non-hydrogen) atoms. The molecule has 8 heteroatoms. The zero-order chi connectivity index (χ0) is 18.2.